The second kappa shape index (κ2) is 12.3. The van der Waals surface area contributed by atoms with Gasteiger partial charge in [-0.25, -0.2) is 15.0 Å². The van der Waals surface area contributed by atoms with Crippen LogP contribution in [0, 0.1) is 0 Å². The fraction of sp³-hybridized carbons (Fsp3) is 0. The first-order valence-corrected chi connectivity index (χ1v) is 18.7. The van der Waals surface area contributed by atoms with Gasteiger partial charge in [0.2, 0.25) is 0 Å². The summed E-state index contributed by atoms with van der Waals surface area (Å²) in [5.74, 6) is 0.542. The number of hydrogen-bond donors (Lipinski definition) is 0. The molecule has 0 saturated carbocycles. The molecule has 0 bridgehead atoms. The van der Waals surface area contributed by atoms with E-state index in [2.05, 4.69) is 117 Å². The third-order valence-corrected chi connectivity index (χ3v) is 10.9. The van der Waals surface area contributed by atoms with Crippen LogP contribution in [0.3, 0.4) is 0 Å². The molecule has 0 radical (unpaired) electrons. The molecule has 57 heavy (non-hydrogen) atoms. The van der Waals surface area contributed by atoms with Gasteiger partial charge in [0.05, 0.1) is 34.6 Å². The van der Waals surface area contributed by atoms with Crippen molar-refractivity contribution >= 4 is 65.6 Å². The number of para-hydroxylation sites is 4. The van der Waals surface area contributed by atoms with Gasteiger partial charge in [0.15, 0.2) is 23.1 Å². The molecule has 266 valence electrons. The predicted molar refractivity (Wildman–Crippen MR) is 232 cm³/mol. The molecule has 8 aromatic carbocycles. The molecule has 0 N–H and O–H groups in total. The quantitative estimate of drug-likeness (QED) is 0.177. The van der Waals surface area contributed by atoms with Crippen LogP contribution in [-0.2, 0) is 0 Å². The van der Waals surface area contributed by atoms with Crippen molar-refractivity contribution in [3.05, 3.63) is 188 Å². The van der Waals surface area contributed by atoms with Gasteiger partial charge in [0, 0.05) is 54.7 Å². The lowest BCUT2D eigenvalue weighted by Gasteiger charge is -2.12. The summed E-state index contributed by atoms with van der Waals surface area (Å²) in [6, 6.07) is 51.2. The minimum atomic E-state index is -0.486. The first-order valence-electron chi connectivity index (χ1n) is 21.2. The molecule has 4 heterocycles. The maximum absolute atomic E-state index is 8.71. The van der Waals surface area contributed by atoms with Gasteiger partial charge >= 0.3 is 0 Å². The van der Waals surface area contributed by atoms with Gasteiger partial charge in [-0.1, -0.05) is 145 Å². The topological polar surface area (TPSA) is 61.7 Å². The monoisotopic (exact) mass is 734 g/mol. The molecular formula is C51H31N5O. The lowest BCUT2D eigenvalue weighted by atomic mass is 10.1. The van der Waals surface area contributed by atoms with E-state index < -0.39 is 18.1 Å². The Hall–Kier alpha value is -7.83. The molecule has 0 fully saturated rings. The van der Waals surface area contributed by atoms with Gasteiger partial charge in [0.25, 0.3) is 0 Å². The Bertz CT molecular complexity index is 3790. The van der Waals surface area contributed by atoms with E-state index in [-0.39, 0.29) is 29.3 Å². The lowest BCUT2D eigenvalue weighted by molar-refractivity contribution is 0.666. The first kappa shape index (κ1) is 26.9. The standard InChI is InChI=1S/C51H31N5O/c1-4-15-32(16-5-1)49-52-50(33-17-6-2-7-18-33)54-51(53-49)34-27-28-38-41-23-14-26-44(48(41)57-45(38)31-34)56-43-25-13-11-22-37(43)40-30-29-39-36-21-10-12-24-42(36)55(46(39)47(40)56)35-19-8-3-9-20-35/h1-31H/i1D,4D,5D,15D,16D. The van der Waals surface area contributed by atoms with E-state index in [0.29, 0.717) is 28.1 Å². The van der Waals surface area contributed by atoms with Crippen LogP contribution >= 0.6 is 0 Å². The average Bonchev–Trinajstić information content (AvgIpc) is 3.98. The Morgan fingerprint density at radius 2 is 0.982 bits per heavy atom. The number of nitrogens with zero attached hydrogens (tertiary/aromatic N) is 5. The van der Waals surface area contributed by atoms with Crippen LogP contribution < -0.4 is 0 Å². The molecule has 4 aromatic heterocycles. The van der Waals surface area contributed by atoms with E-state index in [9.17, 15) is 0 Å². The van der Waals surface area contributed by atoms with Crippen molar-refractivity contribution in [3.63, 3.8) is 0 Å². The zero-order valence-electron chi connectivity index (χ0n) is 35.2. The van der Waals surface area contributed by atoms with Gasteiger partial charge < -0.3 is 13.6 Å². The molecular weight excluding hydrogens is 699 g/mol. The number of aromatic nitrogens is 5. The Balaban J connectivity index is 1.11. The molecule has 0 aliphatic heterocycles. The number of benzene rings is 8. The van der Waals surface area contributed by atoms with E-state index in [4.69, 9.17) is 21.2 Å². The van der Waals surface area contributed by atoms with Crippen molar-refractivity contribution in [2.75, 3.05) is 0 Å². The van der Waals surface area contributed by atoms with E-state index >= 15 is 0 Å². The van der Waals surface area contributed by atoms with Crippen molar-refractivity contribution in [2.45, 2.75) is 0 Å². The Morgan fingerprint density at radius 3 is 1.70 bits per heavy atom. The van der Waals surface area contributed by atoms with Gasteiger partial charge in [-0.15, -0.1) is 0 Å². The SMILES string of the molecule is [2H]c1c([2H])c([2H])c(-c2nc(-c3ccccc3)nc(-c3ccc4c(c3)oc3c(-n5c6ccccc6c6ccc7c8ccccc8n(-c8ccccc8)c7c65)cccc34)n2)c([2H])c1[2H]. The summed E-state index contributed by atoms with van der Waals surface area (Å²) in [6.45, 7) is 0. The molecule has 0 atom stereocenters. The summed E-state index contributed by atoms with van der Waals surface area (Å²) in [5.41, 5.74) is 8.81. The van der Waals surface area contributed by atoms with Gasteiger partial charge in [-0.2, -0.15) is 0 Å². The zero-order valence-corrected chi connectivity index (χ0v) is 30.2. The second-order valence-corrected chi connectivity index (χ2v) is 14.0. The van der Waals surface area contributed by atoms with E-state index in [1.807, 2.05) is 54.6 Å². The molecule has 12 aromatic rings. The molecule has 12 rings (SSSR count). The van der Waals surface area contributed by atoms with Crippen molar-refractivity contribution in [1.82, 2.24) is 24.1 Å². The highest BCUT2D eigenvalue weighted by atomic mass is 16.3. The van der Waals surface area contributed by atoms with Crippen LogP contribution in [0.2, 0.25) is 0 Å². The van der Waals surface area contributed by atoms with Crippen LogP contribution in [0.25, 0.3) is 111 Å². The smallest absolute Gasteiger partial charge is 0.164 e. The van der Waals surface area contributed by atoms with E-state index in [1.165, 1.54) is 5.39 Å². The first-order chi connectivity index (χ1) is 30.4. The highest BCUT2D eigenvalue weighted by molar-refractivity contribution is 6.24. The van der Waals surface area contributed by atoms with Crippen LogP contribution in [0.4, 0.5) is 0 Å². The number of fused-ring (bicyclic) bond motifs is 10. The molecule has 0 spiro atoms. The number of furan rings is 1. The summed E-state index contributed by atoms with van der Waals surface area (Å²) < 4.78 is 53.9. The summed E-state index contributed by atoms with van der Waals surface area (Å²) in [6.07, 6.45) is 0. The zero-order chi connectivity index (χ0) is 41.8. The van der Waals surface area contributed by atoms with Gasteiger partial charge in [-0.3, -0.25) is 0 Å². The van der Waals surface area contributed by atoms with Crippen molar-refractivity contribution in [2.24, 2.45) is 0 Å². The van der Waals surface area contributed by atoms with Crippen molar-refractivity contribution in [1.29, 1.82) is 0 Å². The van der Waals surface area contributed by atoms with Crippen LogP contribution in [0.5, 0.6) is 0 Å². The van der Waals surface area contributed by atoms with E-state index in [0.717, 1.165) is 60.4 Å². The molecule has 0 aliphatic rings. The Kier molecular flexibility index (Phi) is 5.82. The fourth-order valence-corrected chi connectivity index (χ4v) is 8.39. The van der Waals surface area contributed by atoms with Crippen molar-refractivity contribution < 1.29 is 11.3 Å². The number of hydrogen-bond acceptors (Lipinski definition) is 4. The van der Waals surface area contributed by atoms with Crippen molar-refractivity contribution in [3.8, 4) is 45.5 Å². The Morgan fingerprint density at radius 1 is 0.421 bits per heavy atom. The summed E-state index contributed by atoms with van der Waals surface area (Å²) in [5, 5.41) is 6.41. The van der Waals surface area contributed by atoms with Gasteiger partial charge in [-0.05, 0) is 42.5 Å². The lowest BCUT2D eigenvalue weighted by Crippen LogP contribution is -2.00. The minimum absolute atomic E-state index is 0.0246. The highest BCUT2D eigenvalue weighted by Gasteiger charge is 2.23. The maximum Gasteiger partial charge on any atom is 0.164 e. The second-order valence-electron chi connectivity index (χ2n) is 14.0. The normalized spacial score (nSPS) is 13.1. The third-order valence-electron chi connectivity index (χ3n) is 10.9. The molecule has 0 amide bonds. The maximum atomic E-state index is 8.71. The average molecular weight is 735 g/mol. The van der Waals surface area contributed by atoms with E-state index in [1.54, 1.807) is 0 Å². The summed E-state index contributed by atoms with van der Waals surface area (Å²) >= 11 is 0. The van der Waals surface area contributed by atoms with Crippen LogP contribution in [-0.4, -0.2) is 24.1 Å². The van der Waals surface area contributed by atoms with Crippen LogP contribution in [0.1, 0.15) is 6.85 Å². The van der Waals surface area contributed by atoms with Gasteiger partial charge in [0.1, 0.15) is 5.58 Å². The highest BCUT2D eigenvalue weighted by Crippen LogP contribution is 2.44. The minimum Gasteiger partial charge on any atom is -0.454 e. The molecule has 0 unspecified atom stereocenters. The molecule has 0 aliphatic carbocycles. The largest absolute Gasteiger partial charge is 0.454 e. The number of rotatable bonds is 5. The summed E-state index contributed by atoms with van der Waals surface area (Å²) in [7, 11) is 0. The van der Waals surface area contributed by atoms with Crippen LogP contribution in [0.15, 0.2) is 192 Å². The summed E-state index contributed by atoms with van der Waals surface area (Å²) in [4.78, 5) is 14.3. The molecule has 0 saturated heterocycles. The third kappa shape index (κ3) is 4.81. The Labute approximate surface area is 333 Å². The molecule has 6 heteroatoms. The fourth-order valence-electron chi connectivity index (χ4n) is 8.39. The molecule has 6 nitrogen and oxygen atoms in total. The predicted octanol–water partition coefficient (Wildman–Crippen LogP) is 13.0.